The van der Waals surface area contributed by atoms with Gasteiger partial charge in [0.1, 0.15) is 12.4 Å². The van der Waals surface area contributed by atoms with Crippen molar-refractivity contribution >= 4 is 18.5 Å². The Morgan fingerprint density at radius 2 is 2.12 bits per heavy atom. The van der Waals surface area contributed by atoms with Crippen molar-refractivity contribution in [3.05, 3.63) is 29.6 Å². The zero-order valence-corrected chi connectivity index (χ0v) is 9.48. The molecular weight excluding hydrogens is 255 g/mol. The van der Waals surface area contributed by atoms with Crippen LogP contribution in [0, 0.1) is 5.82 Å². The second-order valence-corrected chi connectivity index (χ2v) is 3.84. The van der Waals surface area contributed by atoms with Gasteiger partial charge in [-0.25, -0.2) is 13.2 Å². The van der Waals surface area contributed by atoms with Crippen LogP contribution < -0.4 is 5.32 Å². The number of hydrogen-bond donors (Lipinski definition) is 3. The van der Waals surface area contributed by atoms with Crippen molar-refractivity contribution in [2.45, 2.75) is 10.8 Å². The highest BCUT2D eigenvalue weighted by atomic mass is 32.1. The molecule has 0 aliphatic carbocycles. The fourth-order valence-electron chi connectivity index (χ4n) is 1.02. The minimum absolute atomic E-state index is 0.0186. The monoisotopic (exact) mass is 265 g/mol. The van der Waals surface area contributed by atoms with E-state index >= 15 is 0 Å². The van der Waals surface area contributed by atoms with Gasteiger partial charge in [0.25, 0.3) is 11.8 Å². The zero-order chi connectivity index (χ0) is 13.1. The van der Waals surface area contributed by atoms with Crippen molar-refractivity contribution in [3.8, 4) is 0 Å². The largest absolute Gasteiger partial charge is 0.390 e. The summed E-state index contributed by atoms with van der Waals surface area (Å²) in [4.78, 5) is 11.3. The first-order chi connectivity index (χ1) is 7.85. The summed E-state index contributed by atoms with van der Waals surface area (Å²) in [6.07, 6.45) is 0. The summed E-state index contributed by atoms with van der Waals surface area (Å²) in [5.74, 6) is -4.77. The Kier molecular flexibility index (Phi) is 4.41. The van der Waals surface area contributed by atoms with Crippen LogP contribution in [0.4, 0.5) is 13.2 Å². The van der Waals surface area contributed by atoms with Crippen molar-refractivity contribution in [2.24, 2.45) is 0 Å². The van der Waals surface area contributed by atoms with Crippen LogP contribution in [0.5, 0.6) is 0 Å². The number of rotatable bonds is 4. The predicted molar refractivity (Wildman–Crippen MR) is 58.0 cm³/mol. The molecule has 3 nitrogen and oxygen atoms in total. The van der Waals surface area contributed by atoms with E-state index < -0.39 is 30.8 Å². The Labute approximate surface area is 101 Å². The first-order valence-electron chi connectivity index (χ1n) is 4.61. The highest BCUT2D eigenvalue weighted by Crippen LogP contribution is 2.15. The molecule has 94 valence electrons. The second kappa shape index (κ2) is 5.42. The van der Waals surface area contributed by atoms with Crippen LogP contribution in [-0.4, -0.2) is 30.1 Å². The van der Waals surface area contributed by atoms with Crippen molar-refractivity contribution in [1.82, 2.24) is 5.32 Å². The van der Waals surface area contributed by atoms with E-state index in [0.29, 0.717) is 0 Å². The summed E-state index contributed by atoms with van der Waals surface area (Å²) in [5.41, 5.74) is 0.0186. The molecule has 0 bridgehead atoms. The molecule has 0 unspecified atom stereocenters. The topological polar surface area (TPSA) is 49.3 Å². The summed E-state index contributed by atoms with van der Waals surface area (Å²) in [5, 5.41) is 10.2. The molecule has 0 aliphatic rings. The van der Waals surface area contributed by atoms with Crippen molar-refractivity contribution in [2.75, 3.05) is 13.2 Å². The molecule has 1 rings (SSSR count). The number of amides is 1. The van der Waals surface area contributed by atoms with E-state index in [0.717, 1.165) is 18.2 Å². The molecule has 7 heteroatoms. The average molecular weight is 265 g/mol. The van der Waals surface area contributed by atoms with Gasteiger partial charge in [0.05, 0.1) is 6.54 Å². The third kappa shape index (κ3) is 3.94. The predicted octanol–water partition coefficient (Wildman–Crippen LogP) is 1.47. The Balaban J connectivity index is 2.68. The fraction of sp³-hybridized carbons (Fsp3) is 0.300. The van der Waals surface area contributed by atoms with Crippen molar-refractivity contribution < 1.29 is 23.1 Å². The number of halogens is 3. The number of benzene rings is 1. The molecule has 0 aliphatic heterocycles. The van der Waals surface area contributed by atoms with Crippen LogP contribution in [-0.2, 0) is 0 Å². The van der Waals surface area contributed by atoms with Gasteiger partial charge in [-0.1, -0.05) is 0 Å². The molecular formula is C10H10F3NO2S. The summed E-state index contributed by atoms with van der Waals surface area (Å²) < 4.78 is 38.1. The quantitative estimate of drug-likeness (QED) is 0.722. The second-order valence-electron chi connectivity index (χ2n) is 3.36. The molecule has 17 heavy (non-hydrogen) atoms. The number of aliphatic hydroxyl groups is 1. The molecule has 0 heterocycles. The van der Waals surface area contributed by atoms with E-state index in [-0.39, 0.29) is 10.5 Å². The van der Waals surface area contributed by atoms with Crippen LogP contribution in [0.15, 0.2) is 23.1 Å². The van der Waals surface area contributed by atoms with Crippen molar-refractivity contribution in [1.29, 1.82) is 0 Å². The molecule has 0 aromatic heterocycles. The summed E-state index contributed by atoms with van der Waals surface area (Å²) >= 11 is 3.76. The SMILES string of the molecule is O=C(NCC(F)(F)CO)c1ccc(F)c(S)c1. The van der Waals surface area contributed by atoms with Crippen LogP contribution in [0.1, 0.15) is 10.4 Å². The van der Waals surface area contributed by atoms with Gasteiger partial charge in [0.2, 0.25) is 0 Å². The number of thiol groups is 1. The maximum Gasteiger partial charge on any atom is 0.287 e. The van der Waals surface area contributed by atoms with Gasteiger partial charge in [-0.3, -0.25) is 4.79 Å². The lowest BCUT2D eigenvalue weighted by Gasteiger charge is -2.14. The highest BCUT2D eigenvalue weighted by Gasteiger charge is 2.28. The lowest BCUT2D eigenvalue weighted by atomic mass is 10.2. The number of carbonyl (C=O) groups excluding carboxylic acids is 1. The Hall–Kier alpha value is -1.21. The molecule has 0 radical (unpaired) electrons. The van der Waals surface area contributed by atoms with Crippen LogP contribution in [0.2, 0.25) is 0 Å². The fourth-order valence-corrected chi connectivity index (χ4v) is 1.24. The third-order valence-corrected chi connectivity index (χ3v) is 2.29. The smallest absolute Gasteiger partial charge is 0.287 e. The molecule has 0 atom stereocenters. The molecule has 0 saturated carbocycles. The zero-order valence-electron chi connectivity index (χ0n) is 8.58. The molecule has 0 saturated heterocycles. The Morgan fingerprint density at radius 1 is 1.47 bits per heavy atom. The molecule has 1 aromatic rings. The maximum atomic E-state index is 12.8. The number of nitrogens with one attached hydrogen (secondary N) is 1. The summed E-state index contributed by atoms with van der Waals surface area (Å²) in [6.45, 7) is -2.34. The minimum atomic E-state index is -3.38. The third-order valence-electron chi connectivity index (χ3n) is 1.95. The maximum absolute atomic E-state index is 12.8. The first-order valence-corrected chi connectivity index (χ1v) is 5.06. The van der Waals surface area contributed by atoms with E-state index in [2.05, 4.69) is 12.6 Å². The average Bonchev–Trinajstić information content (AvgIpc) is 2.30. The Bertz CT molecular complexity index is 426. The number of carbonyl (C=O) groups is 1. The van der Waals surface area contributed by atoms with E-state index in [4.69, 9.17) is 5.11 Å². The normalized spacial score (nSPS) is 11.4. The van der Waals surface area contributed by atoms with Gasteiger partial charge in [-0.2, -0.15) is 0 Å². The summed E-state index contributed by atoms with van der Waals surface area (Å²) in [6, 6.07) is 3.30. The van der Waals surface area contributed by atoms with E-state index in [1.165, 1.54) is 0 Å². The molecule has 0 spiro atoms. The van der Waals surface area contributed by atoms with E-state index in [9.17, 15) is 18.0 Å². The highest BCUT2D eigenvalue weighted by molar-refractivity contribution is 7.80. The van der Waals surface area contributed by atoms with Crippen molar-refractivity contribution in [3.63, 3.8) is 0 Å². The number of hydrogen-bond acceptors (Lipinski definition) is 3. The van der Waals surface area contributed by atoms with Crippen LogP contribution >= 0.6 is 12.6 Å². The molecule has 1 amide bonds. The number of alkyl halides is 2. The van der Waals surface area contributed by atoms with Gasteiger partial charge >= 0.3 is 0 Å². The lowest BCUT2D eigenvalue weighted by molar-refractivity contribution is -0.0462. The van der Waals surface area contributed by atoms with Gasteiger partial charge < -0.3 is 10.4 Å². The van der Waals surface area contributed by atoms with Crippen LogP contribution in [0.3, 0.4) is 0 Å². The van der Waals surface area contributed by atoms with Gasteiger partial charge in [-0.15, -0.1) is 12.6 Å². The number of aliphatic hydroxyl groups excluding tert-OH is 1. The van der Waals surface area contributed by atoms with Gasteiger partial charge in [0, 0.05) is 10.5 Å². The first kappa shape index (κ1) is 13.9. The molecule has 1 aromatic carbocycles. The van der Waals surface area contributed by atoms with E-state index in [1.54, 1.807) is 0 Å². The molecule has 0 fully saturated rings. The van der Waals surface area contributed by atoms with Crippen LogP contribution in [0.25, 0.3) is 0 Å². The Morgan fingerprint density at radius 3 is 2.65 bits per heavy atom. The van der Waals surface area contributed by atoms with Gasteiger partial charge in [0.15, 0.2) is 0 Å². The lowest BCUT2D eigenvalue weighted by Crippen LogP contribution is -2.38. The molecule has 2 N–H and O–H groups in total. The summed E-state index contributed by atoms with van der Waals surface area (Å²) in [7, 11) is 0. The standard InChI is InChI=1S/C10H10F3NO2S/c11-7-2-1-6(3-8(7)17)9(16)14-4-10(12,13)5-15/h1-3,15,17H,4-5H2,(H,14,16). The van der Waals surface area contributed by atoms with Gasteiger partial charge in [-0.05, 0) is 18.2 Å². The van der Waals surface area contributed by atoms with E-state index in [1.807, 2.05) is 5.32 Å². The minimum Gasteiger partial charge on any atom is -0.390 e.